The Kier molecular flexibility index (Phi) is 3.58. The van der Waals surface area contributed by atoms with Crippen molar-refractivity contribution < 1.29 is 9.53 Å². The summed E-state index contributed by atoms with van der Waals surface area (Å²) in [6.45, 7) is -0.165. The van der Waals surface area contributed by atoms with E-state index < -0.39 is 0 Å². The monoisotopic (exact) mass is 235 g/mol. The molecule has 0 unspecified atom stereocenters. The van der Waals surface area contributed by atoms with Crippen molar-refractivity contribution >= 4 is 17.3 Å². The fraction of sp³-hybridized carbons (Fsp3) is 0.500. The van der Waals surface area contributed by atoms with Gasteiger partial charge in [-0.25, -0.2) is 4.79 Å². The van der Waals surface area contributed by atoms with Gasteiger partial charge in [-0.2, -0.15) is 5.26 Å². The van der Waals surface area contributed by atoms with Crippen molar-refractivity contribution in [3.05, 3.63) is 21.4 Å². The first-order chi connectivity index (χ1) is 7.81. The van der Waals surface area contributed by atoms with Crippen LogP contribution in [0.1, 0.15) is 39.4 Å². The largest absolute Gasteiger partial charge is 0.446 e. The predicted molar refractivity (Wildman–Crippen MR) is 61.5 cm³/mol. The molecule has 3 nitrogen and oxygen atoms in total. The number of aryl methyl sites for hydroxylation is 2. The number of carbonyl (C=O) groups excluding carboxylic acids is 1. The Labute approximate surface area is 98.7 Å². The lowest BCUT2D eigenvalue weighted by atomic mass is 10.1. The third-order valence-electron chi connectivity index (χ3n) is 2.72. The van der Waals surface area contributed by atoms with Gasteiger partial charge in [-0.3, -0.25) is 0 Å². The Bertz CT molecular complexity index is 407. The molecule has 1 heterocycles. The second-order valence-electron chi connectivity index (χ2n) is 3.85. The molecule has 0 amide bonds. The molecule has 0 atom stereocenters. The molecule has 0 saturated heterocycles. The molecule has 0 fully saturated rings. The summed E-state index contributed by atoms with van der Waals surface area (Å²) in [6, 6.07) is 3.74. The highest BCUT2D eigenvalue weighted by atomic mass is 32.1. The zero-order chi connectivity index (χ0) is 11.4. The number of rotatable bonds is 2. The Morgan fingerprint density at radius 2 is 2.25 bits per heavy atom. The highest BCUT2D eigenvalue weighted by molar-refractivity contribution is 7.14. The number of esters is 1. The third-order valence-corrected chi connectivity index (χ3v) is 3.93. The Morgan fingerprint density at radius 3 is 3.06 bits per heavy atom. The van der Waals surface area contributed by atoms with Gasteiger partial charge in [0.15, 0.2) is 6.61 Å². The van der Waals surface area contributed by atoms with Gasteiger partial charge in [0, 0.05) is 4.88 Å². The van der Waals surface area contributed by atoms with E-state index in [0.717, 1.165) is 12.8 Å². The summed E-state index contributed by atoms with van der Waals surface area (Å²) >= 11 is 1.52. The normalized spacial score (nSPS) is 14.7. The van der Waals surface area contributed by atoms with Crippen LogP contribution in [0.2, 0.25) is 0 Å². The number of thiophene rings is 1. The van der Waals surface area contributed by atoms with Gasteiger partial charge in [-0.15, -0.1) is 11.3 Å². The number of ether oxygens (including phenoxy) is 1. The predicted octanol–water partition coefficient (Wildman–Crippen LogP) is 2.70. The van der Waals surface area contributed by atoms with E-state index in [1.54, 1.807) is 6.07 Å². The molecule has 4 heteroatoms. The van der Waals surface area contributed by atoms with Crippen LogP contribution >= 0.6 is 11.3 Å². The molecule has 0 bridgehead atoms. The molecule has 1 aromatic heterocycles. The molecule has 0 aromatic carbocycles. The van der Waals surface area contributed by atoms with Crippen molar-refractivity contribution in [3.8, 4) is 6.07 Å². The second kappa shape index (κ2) is 5.13. The smallest absolute Gasteiger partial charge is 0.349 e. The average Bonchev–Trinajstić information content (AvgIpc) is 2.58. The van der Waals surface area contributed by atoms with Gasteiger partial charge in [-0.05, 0) is 37.3 Å². The minimum absolute atomic E-state index is 0.165. The Hall–Kier alpha value is -1.34. The summed E-state index contributed by atoms with van der Waals surface area (Å²) in [5.41, 5.74) is 1.30. The first kappa shape index (κ1) is 11.2. The van der Waals surface area contributed by atoms with E-state index in [-0.39, 0.29) is 12.6 Å². The topological polar surface area (TPSA) is 50.1 Å². The van der Waals surface area contributed by atoms with Crippen molar-refractivity contribution in [1.82, 2.24) is 0 Å². The molecule has 2 rings (SSSR count). The van der Waals surface area contributed by atoms with E-state index in [2.05, 4.69) is 0 Å². The number of nitriles is 1. The zero-order valence-electron chi connectivity index (χ0n) is 8.99. The van der Waals surface area contributed by atoms with Crippen LogP contribution in [0, 0.1) is 11.3 Å². The minimum atomic E-state index is -0.361. The molecule has 84 valence electrons. The van der Waals surface area contributed by atoms with Crippen LogP contribution in [0.15, 0.2) is 6.07 Å². The number of fused-ring (bicyclic) bond motifs is 1. The molecule has 0 spiro atoms. The van der Waals surface area contributed by atoms with Gasteiger partial charge in [0.1, 0.15) is 10.9 Å². The lowest BCUT2D eigenvalue weighted by Crippen LogP contribution is -2.02. The second-order valence-corrected chi connectivity index (χ2v) is 4.99. The van der Waals surface area contributed by atoms with Crippen LogP contribution in [0.3, 0.4) is 0 Å². The van der Waals surface area contributed by atoms with Crippen molar-refractivity contribution in [1.29, 1.82) is 5.26 Å². The maximum atomic E-state index is 11.5. The highest BCUT2D eigenvalue weighted by Gasteiger charge is 2.17. The lowest BCUT2D eigenvalue weighted by molar-refractivity contribution is 0.0560. The van der Waals surface area contributed by atoms with Gasteiger partial charge in [0.05, 0.1) is 0 Å². The van der Waals surface area contributed by atoms with Crippen molar-refractivity contribution in [2.75, 3.05) is 6.61 Å². The van der Waals surface area contributed by atoms with E-state index in [9.17, 15) is 4.79 Å². The molecule has 0 N–H and O–H groups in total. The maximum Gasteiger partial charge on any atom is 0.349 e. The van der Waals surface area contributed by atoms with Gasteiger partial charge < -0.3 is 4.74 Å². The van der Waals surface area contributed by atoms with Crippen LogP contribution in [-0.4, -0.2) is 12.6 Å². The number of hydrogen-bond donors (Lipinski definition) is 0. The van der Waals surface area contributed by atoms with Crippen molar-refractivity contribution in [2.45, 2.75) is 32.1 Å². The van der Waals surface area contributed by atoms with Crippen molar-refractivity contribution in [2.24, 2.45) is 0 Å². The summed E-state index contributed by atoms with van der Waals surface area (Å²) in [6.07, 6.45) is 5.83. The summed E-state index contributed by atoms with van der Waals surface area (Å²) in [7, 11) is 0. The zero-order valence-corrected chi connectivity index (χ0v) is 9.81. The quantitative estimate of drug-likeness (QED) is 0.585. The fourth-order valence-corrected chi connectivity index (χ4v) is 3.08. The summed E-state index contributed by atoms with van der Waals surface area (Å²) in [4.78, 5) is 13.5. The first-order valence-corrected chi connectivity index (χ1v) is 6.28. The van der Waals surface area contributed by atoms with Gasteiger partial charge in [0.2, 0.25) is 0 Å². The van der Waals surface area contributed by atoms with Crippen LogP contribution in [0.5, 0.6) is 0 Å². The van der Waals surface area contributed by atoms with Crippen LogP contribution in [0.25, 0.3) is 0 Å². The van der Waals surface area contributed by atoms with E-state index in [1.165, 1.54) is 41.0 Å². The molecular weight excluding hydrogens is 222 g/mol. The summed E-state index contributed by atoms with van der Waals surface area (Å²) in [5, 5.41) is 8.34. The van der Waals surface area contributed by atoms with Crippen LogP contribution < -0.4 is 0 Å². The molecule has 1 aliphatic carbocycles. The lowest BCUT2D eigenvalue weighted by Gasteiger charge is -1.96. The highest BCUT2D eigenvalue weighted by Crippen LogP contribution is 2.29. The van der Waals surface area contributed by atoms with Crippen molar-refractivity contribution in [3.63, 3.8) is 0 Å². The van der Waals surface area contributed by atoms with E-state index in [0.29, 0.717) is 4.88 Å². The molecule has 0 saturated carbocycles. The van der Waals surface area contributed by atoms with Gasteiger partial charge >= 0.3 is 5.97 Å². The van der Waals surface area contributed by atoms with Gasteiger partial charge in [-0.1, -0.05) is 6.42 Å². The van der Waals surface area contributed by atoms with E-state index in [4.69, 9.17) is 10.00 Å². The maximum absolute atomic E-state index is 11.5. The average molecular weight is 235 g/mol. The summed E-state index contributed by atoms with van der Waals surface area (Å²) in [5.74, 6) is -0.361. The molecule has 1 aromatic rings. The molecule has 0 radical (unpaired) electrons. The number of hydrogen-bond acceptors (Lipinski definition) is 4. The Balaban J connectivity index is 2.12. The first-order valence-electron chi connectivity index (χ1n) is 5.47. The Morgan fingerprint density at radius 1 is 1.44 bits per heavy atom. The van der Waals surface area contributed by atoms with E-state index in [1.807, 2.05) is 6.07 Å². The molecular formula is C12H13NO2S. The SMILES string of the molecule is N#CCOC(=O)c1cc2c(s1)CCCCC2. The molecule has 1 aliphatic rings. The molecule has 16 heavy (non-hydrogen) atoms. The van der Waals surface area contributed by atoms with Crippen LogP contribution in [-0.2, 0) is 17.6 Å². The number of nitrogens with zero attached hydrogens (tertiary/aromatic N) is 1. The molecule has 0 aliphatic heterocycles. The standard InChI is InChI=1S/C12H13NO2S/c13-6-7-15-12(14)11-8-9-4-2-1-3-5-10(9)16-11/h8H,1-5,7H2. The van der Waals surface area contributed by atoms with E-state index >= 15 is 0 Å². The minimum Gasteiger partial charge on any atom is -0.446 e. The summed E-state index contributed by atoms with van der Waals surface area (Å²) < 4.78 is 4.80. The number of carbonyl (C=O) groups is 1. The van der Waals surface area contributed by atoms with Gasteiger partial charge in [0.25, 0.3) is 0 Å². The van der Waals surface area contributed by atoms with Crippen LogP contribution in [0.4, 0.5) is 0 Å². The fourth-order valence-electron chi connectivity index (χ4n) is 1.94. The third kappa shape index (κ3) is 2.42.